The van der Waals surface area contributed by atoms with E-state index < -0.39 is 17.1 Å². The van der Waals surface area contributed by atoms with Crippen LogP contribution in [0.5, 0.6) is 5.75 Å². The van der Waals surface area contributed by atoms with E-state index in [0.29, 0.717) is 35.6 Å². The number of rotatable bonds is 5. The first-order chi connectivity index (χ1) is 19.0. The number of nitriles is 1. The summed E-state index contributed by atoms with van der Waals surface area (Å²) in [4.78, 5) is 28.5. The Labute approximate surface area is 241 Å². The van der Waals surface area contributed by atoms with Gasteiger partial charge >= 0.3 is 0 Å². The molecule has 1 aliphatic rings. The van der Waals surface area contributed by atoms with Gasteiger partial charge in [0.15, 0.2) is 0 Å². The average Bonchev–Trinajstić information content (AvgIpc) is 3.36. The number of aryl methyl sites for hydroxylation is 1. The molecule has 9 heteroatoms. The van der Waals surface area contributed by atoms with E-state index in [-0.39, 0.29) is 28.4 Å². The first-order valence-corrected chi connectivity index (χ1v) is 13.5. The maximum atomic E-state index is 13.5. The molecule has 1 aromatic heterocycles. The Morgan fingerprint density at radius 3 is 2.32 bits per heavy atom. The zero-order valence-corrected chi connectivity index (χ0v) is 25.3. The number of hydrogen-bond donors (Lipinski definition) is 1. The van der Waals surface area contributed by atoms with E-state index in [1.165, 1.54) is 7.11 Å². The van der Waals surface area contributed by atoms with Crippen molar-refractivity contribution < 1.29 is 23.6 Å². The van der Waals surface area contributed by atoms with Crippen LogP contribution >= 0.6 is 0 Å². The van der Waals surface area contributed by atoms with Crippen molar-refractivity contribution in [3.63, 3.8) is 0 Å². The Morgan fingerprint density at radius 1 is 1.07 bits per heavy atom. The highest BCUT2D eigenvalue weighted by molar-refractivity contribution is 6.07. The van der Waals surface area contributed by atoms with Crippen LogP contribution in [0.1, 0.15) is 86.1 Å². The van der Waals surface area contributed by atoms with Crippen LogP contribution in [-0.4, -0.2) is 53.3 Å². The van der Waals surface area contributed by atoms with Crippen LogP contribution < -0.4 is 10.1 Å². The summed E-state index contributed by atoms with van der Waals surface area (Å²) in [6.07, 6.45) is 0. The van der Waals surface area contributed by atoms with Gasteiger partial charge < -0.3 is 24.2 Å². The third kappa shape index (κ3) is 6.44. The van der Waals surface area contributed by atoms with E-state index in [0.717, 1.165) is 11.1 Å². The number of methoxy groups -OCH3 is 1. The summed E-state index contributed by atoms with van der Waals surface area (Å²) < 4.78 is 17.1. The summed E-state index contributed by atoms with van der Waals surface area (Å²) in [5, 5.41) is 16.8. The summed E-state index contributed by atoms with van der Waals surface area (Å²) in [7, 11) is 1.44. The summed E-state index contributed by atoms with van der Waals surface area (Å²) >= 11 is 0. The smallest absolute Gasteiger partial charge is 0.292 e. The van der Waals surface area contributed by atoms with Gasteiger partial charge in [-0.2, -0.15) is 5.26 Å². The molecular weight excluding hydrogens is 520 g/mol. The van der Waals surface area contributed by atoms with Crippen LogP contribution in [0, 0.1) is 18.3 Å². The van der Waals surface area contributed by atoms with E-state index in [2.05, 4.69) is 16.5 Å². The molecular formula is C32H38N4O5. The summed E-state index contributed by atoms with van der Waals surface area (Å²) in [5.41, 5.74) is 2.74. The quantitative estimate of drug-likeness (QED) is 0.401. The average molecular weight is 559 g/mol. The number of benzene rings is 2. The predicted octanol–water partition coefficient (Wildman–Crippen LogP) is 6.11. The van der Waals surface area contributed by atoms with Gasteiger partial charge in [0.05, 0.1) is 29.4 Å². The Hall–Kier alpha value is -4.16. The molecule has 1 aliphatic heterocycles. The second-order valence-corrected chi connectivity index (χ2v) is 12.8. The minimum atomic E-state index is -0.494. The van der Waals surface area contributed by atoms with Gasteiger partial charge in [0.2, 0.25) is 5.76 Å². The molecule has 2 heterocycles. The van der Waals surface area contributed by atoms with Gasteiger partial charge in [0.1, 0.15) is 17.5 Å². The molecule has 3 aromatic rings. The molecule has 0 unspecified atom stereocenters. The van der Waals surface area contributed by atoms with Gasteiger partial charge in [-0.1, -0.05) is 32.0 Å². The van der Waals surface area contributed by atoms with Gasteiger partial charge in [0, 0.05) is 30.4 Å². The van der Waals surface area contributed by atoms with E-state index >= 15 is 0 Å². The third-order valence-electron chi connectivity index (χ3n) is 7.00. The van der Waals surface area contributed by atoms with Gasteiger partial charge in [-0.25, -0.2) is 0 Å². The Bertz CT molecular complexity index is 1520. The Morgan fingerprint density at radius 2 is 1.73 bits per heavy atom. The van der Waals surface area contributed by atoms with Crippen LogP contribution in [0.25, 0.3) is 11.3 Å². The summed E-state index contributed by atoms with van der Waals surface area (Å²) in [5.74, 6) is -0.309. The number of nitrogens with zero attached hydrogens (tertiary/aromatic N) is 3. The molecule has 0 bridgehead atoms. The first-order valence-electron chi connectivity index (χ1n) is 13.5. The highest BCUT2D eigenvalue weighted by Gasteiger charge is 2.41. The minimum absolute atomic E-state index is 0.134. The van der Waals surface area contributed by atoms with E-state index in [9.17, 15) is 14.9 Å². The Kier molecular flexibility index (Phi) is 7.76. The topological polar surface area (TPSA) is 118 Å². The van der Waals surface area contributed by atoms with Crippen LogP contribution in [0.15, 0.2) is 40.9 Å². The molecule has 216 valence electrons. The standard InChI is InChI=1S/C32H38N4O5/c1-19-10-11-22(34-28(37)24-13-21(30(2,3)4)12-20(16-33)27(24)39-9)14-23(19)25-15-26(40-35-25)29(38)36-17-31(5,6)41-32(7,8)18-36/h10-15H,17-18H2,1-9H3,(H,34,37). The molecule has 0 saturated carbocycles. The lowest BCUT2D eigenvalue weighted by Gasteiger charge is -2.46. The number of amides is 2. The van der Waals surface area contributed by atoms with Crippen molar-refractivity contribution in [1.82, 2.24) is 10.1 Å². The van der Waals surface area contributed by atoms with Crippen molar-refractivity contribution in [2.24, 2.45) is 0 Å². The fourth-order valence-electron chi connectivity index (χ4n) is 5.30. The van der Waals surface area contributed by atoms with Crippen molar-refractivity contribution in [3.05, 3.63) is 64.4 Å². The summed E-state index contributed by atoms with van der Waals surface area (Å²) in [6.45, 7) is 16.7. The van der Waals surface area contributed by atoms with Gasteiger partial charge in [-0.05, 0) is 75.4 Å². The molecule has 2 amide bonds. The number of anilines is 1. The highest BCUT2D eigenvalue weighted by atomic mass is 16.5. The molecule has 0 radical (unpaired) electrons. The molecule has 1 fully saturated rings. The third-order valence-corrected chi connectivity index (χ3v) is 7.00. The molecule has 9 nitrogen and oxygen atoms in total. The molecule has 0 aliphatic carbocycles. The van der Waals surface area contributed by atoms with Crippen LogP contribution in [0.2, 0.25) is 0 Å². The zero-order valence-electron chi connectivity index (χ0n) is 25.3. The summed E-state index contributed by atoms with van der Waals surface area (Å²) in [6, 6.07) is 12.7. The van der Waals surface area contributed by atoms with E-state index in [4.69, 9.17) is 14.0 Å². The number of aromatic nitrogens is 1. The van der Waals surface area contributed by atoms with Crippen molar-refractivity contribution in [2.45, 2.75) is 72.0 Å². The number of hydrogen-bond acceptors (Lipinski definition) is 7. The molecule has 0 atom stereocenters. The van der Waals surface area contributed by atoms with E-state index in [1.807, 2.05) is 61.5 Å². The Balaban J connectivity index is 1.62. The minimum Gasteiger partial charge on any atom is -0.495 e. The lowest BCUT2D eigenvalue weighted by Crippen LogP contribution is -2.58. The van der Waals surface area contributed by atoms with Crippen LogP contribution in [0.4, 0.5) is 5.69 Å². The monoisotopic (exact) mass is 558 g/mol. The van der Waals surface area contributed by atoms with Crippen LogP contribution in [0.3, 0.4) is 0 Å². The number of carbonyl (C=O) groups excluding carboxylic acids is 2. The van der Waals surface area contributed by atoms with E-state index in [1.54, 1.807) is 35.2 Å². The first kappa shape index (κ1) is 29.8. The molecule has 2 aromatic carbocycles. The van der Waals surface area contributed by atoms with Crippen molar-refractivity contribution in [1.29, 1.82) is 5.26 Å². The van der Waals surface area contributed by atoms with Gasteiger partial charge in [-0.15, -0.1) is 0 Å². The van der Waals surface area contributed by atoms with Crippen molar-refractivity contribution in [3.8, 4) is 23.1 Å². The second-order valence-electron chi connectivity index (χ2n) is 12.8. The number of nitrogens with one attached hydrogen (secondary N) is 1. The van der Waals surface area contributed by atoms with Gasteiger partial charge in [-0.3, -0.25) is 9.59 Å². The fraction of sp³-hybridized carbons (Fsp3) is 0.438. The molecule has 4 rings (SSSR count). The van der Waals surface area contributed by atoms with Crippen molar-refractivity contribution >= 4 is 17.5 Å². The number of ether oxygens (including phenoxy) is 2. The SMILES string of the molecule is COc1c(C#N)cc(C(C)(C)C)cc1C(=O)Nc1ccc(C)c(-c2cc(C(=O)N3CC(C)(C)OC(C)(C)C3)on2)c1. The lowest BCUT2D eigenvalue weighted by molar-refractivity contribution is -0.171. The lowest BCUT2D eigenvalue weighted by atomic mass is 9.84. The number of carbonyl (C=O) groups is 2. The maximum absolute atomic E-state index is 13.5. The maximum Gasteiger partial charge on any atom is 0.292 e. The highest BCUT2D eigenvalue weighted by Crippen LogP contribution is 2.34. The predicted molar refractivity (Wildman–Crippen MR) is 156 cm³/mol. The molecule has 1 saturated heterocycles. The molecule has 1 N–H and O–H groups in total. The molecule has 41 heavy (non-hydrogen) atoms. The normalized spacial score (nSPS) is 16.1. The largest absolute Gasteiger partial charge is 0.495 e. The number of morpholine rings is 1. The van der Waals surface area contributed by atoms with Crippen molar-refractivity contribution in [2.75, 3.05) is 25.5 Å². The fourth-order valence-corrected chi connectivity index (χ4v) is 5.30. The van der Waals surface area contributed by atoms with Crippen LogP contribution in [-0.2, 0) is 10.2 Å². The van der Waals surface area contributed by atoms with Gasteiger partial charge in [0.25, 0.3) is 11.8 Å². The second kappa shape index (κ2) is 10.7. The zero-order chi connectivity index (χ0) is 30.3. The molecule has 0 spiro atoms.